The molecule has 164 valence electrons. The van der Waals surface area contributed by atoms with Crippen LogP contribution in [0.15, 0.2) is 47.3 Å². The summed E-state index contributed by atoms with van der Waals surface area (Å²) in [7, 11) is 0. The molecule has 1 aliphatic rings. The van der Waals surface area contributed by atoms with Crippen molar-refractivity contribution in [3.63, 3.8) is 0 Å². The maximum Gasteiger partial charge on any atom is 0.418 e. The number of hydrogen-bond donors (Lipinski definition) is 2. The Morgan fingerprint density at radius 2 is 2.03 bits per heavy atom. The molecule has 0 bridgehead atoms. The van der Waals surface area contributed by atoms with E-state index in [-0.39, 0.29) is 22.0 Å². The zero-order valence-corrected chi connectivity index (χ0v) is 16.5. The van der Waals surface area contributed by atoms with Crippen LogP contribution in [0.3, 0.4) is 0 Å². The number of amides is 1. The van der Waals surface area contributed by atoms with E-state index < -0.39 is 47.4 Å². The van der Waals surface area contributed by atoms with Crippen LogP contribution in [-0.2, 0) is 16.5 Å². The van der Waals surface area contributed by atoms with Crippen LogP contribution in [0, 0.1) is 5.82 Å². The Balaban J connectivity index is 1.98. The molecule has 0 fully saturated rings. The summed E-state index contributed by atoms with van der Waals surface area (Å²) in [5.74, 6) is -2.15. The summed E-state index contributed by atoms with van der Waals surface area (Å²) in [6, 6.07) is 3.43. The molecule has 12 heteroatoms. The Hall–Kier alpha value is -3.21. The molecule has 3 N–H and O–H groups in total. The van der Waals surface area contributed by atoms with Gasteiger partial charge in [-0.2, -0.15) is 13.2 Å². The van der Waals surface area contributed by atoms with Crippen molar-refractivity contribution in [1.29, 1.82) is 0 Å². The normalized spacial score (nSPS) is 18.7. The maximum atomic E-state index is 14.5. The van der Waals surface area contributed by atoms with Gasteiger partial charge in [0.2, 0.25) is 0 Å². The molecular formula is C19H14ClF5N4O2. The number of pyridine rings is 1. The first-order valence-electron chi connectivity index (χ1n) is 8.58. The van der Waals surface area contributed by atoms with Gasteiger partial charge < -0.3 is 15.8 Å². The van der Waals surface area contributed by atoms with Crippen LogP contribution in [0.1, 0.15) is 28.5 Å². The fourth-order valence-electron chi connectivity index (χ4n) is 2.98. The van der Waals surface area contributed by atoms with Gasteiger partial charge in [0.1, 0.15) is 29.5 Å². The molecule has 0 saturated heterocycles. The fraction of sp³-hybridized carbons (Fsp3) is 0.211. The first-order chi connectivity index (χ1) is 14.4. The second-order valence-corrected chi connectivity index (χ2v) is 7.08. The Labute approximate surface area is 177 Å². The van der Waals surface area contributed by atoms with Gasteiger partial charge in [0.15, 0.2) is 0 Å². The summed E-state index contributed by atoms with van der Waals surface area (Å²) in [6.45, 7) is 0.400. The highest BCUT2D eigenvalue weighted by Crippen LogP contribution is 2.36. The molecule has 1 atom stereocenters. The molecule has 1 amide bonds. The van der Waals surface area contributed by atoms with Crippen LogP contribution in [0.2, 0.25) is 5.02 Å². The highest BCUT2D eigenvalue weighted by atomic mass is 35.5. The van der Waals surface area contributed by atoms with Crippen LogP contribution in [0.5, 0.6) is 0 Å². The third kappa shape index (κ3) is 4.76. The molecule has 1 aromatic carbocycles. The smallest absolute Gasteiger partial charge is 0.418 e. The zero-order chi connectivity index (χ0) is 23.0. The lowest BCUT2D eigenvalue weighted by atomic mass is 9.90. The number of carbonyl (C=O) groups excluding carboxylic acids is 1. The molecule has 0 aliphatic carbocycles. The van der Waals surface area contributed by atoms with Crippen molar-refractivity contribution in [2.75, 3.05) is 12.0 Å². The van der Waals surface area contributed by atoms with E-state index >= 15 is 0 Å². The Morgan fingerprint density at radius 1 is 1.32 bits per heavy atom. The molecular weight excluding hydrogens is 447 g/mol. The maximum absolute atomic E-state index is 14.5. The van der Waals surface area contributed by atoms with Gasteiger partial charge in [-0.05, 0) is 37.3 Å². The van der Waals surface area contributed by atoms with E-state index in [9.17, 15) is 26.7 Å². The van der Waals surface area contributed by atoms with E-state index in [2.05, 4.69) is 15.3 Å². The average molecular weight is 461 g/mol. The van der Waals surface area contributed by atoms with Gasteiger partial charge in [-0.3, -0.25) is 4.79 Å². The molecule has 6 nitrogen and oxygen atoms in total. The highest BCUT2D eigenvalue weighted by molar-refractivity contribution is 6.30. The molecule has 0 spiro atoms. The highest BCUT2D eigenvalue weighted by Gasteiger charge is 2.37. The molecule has 0 unspecified atom stereocenters. The molecule has 2 heterocycles. The van der Waals surface area contributed by atoms with Gasteiger partial charge in [-0.1, -0.05) is 11.6 Å². The number of allylic oxidation sites excluding steroid dienone is 1. The number of hydrogen-bond acceptors (Lipinski definition) is 5. The van der Waals surface area contributed by atoms with Crippen LogP contribution >= 0.6 is 11.6 Å². The van der Waals surface area contributed by atoms with Gasteiger partial charge in [0.05, 0.1) is 10.6 Å². The lowest BCUT2D eigenvalue weighted by Crippen LogP contribution is -2.31. The second-order valence-electron chi connectivity index (χ2n) is 6.64. The predicted molar refractivity (Wildman–Crippen MR) is 103 cm³/mol. The van der Waals surface area contributed by atoms with Crippen LogP contribution in [0.4, 0.5) is 27.6 Å². The predicted octanol–water partition coefficient (Wildman–Crippen LogP) is 4.56. The third-order valence-electron chi connectivity index (χ3n) is 4.30. The van der Waals surface area contributed by atoms with Gasteiger partial charge in [-0.25, -0.2) is 18.8 Å². The van der Waals surface area contributed by atoms with Crippen molar-refractivity contribution < 1.29 is 31.5 Å². The van der Waals surface area contributed by atoms with Crippen molar-refractivity contribution in [2.24, 2.45) is 10.7 Å². The zero-order valence-electron chi connectivity index (χ0n) is 15.7. The van der Waals surface area contributed by atoms with Crippen molar-refractivity contribution in [1.82, 2.24) is 4.98 Å². The van der Waals surface area contributed by atoms with E-state index in [0.29, 0.717) is 6.07 Å². The number of anilines is 1. The number of ether oxygens (including phenoxy) is 1. The van der Waals surface area contributed by atoms with Gasteiger partial charge in [0.25, 0.3) is 11.9 Å². The number of nitrogens with two attached hydrogens (primary N) is 1. The number of halogens is 6. The molecule has 3 rings (SSSR count). The summed E-state index contributed by atoms with van der Waals surface area (Å²) in [4.78, 5) is 19.9. The standard InChI is InChI=1S/C19H14ClF5N4O2/c1-18(6-11(7-21)31-17(26)29-18)12-5-10(2-3-14(12)22)28-16(30)15-13(19(23,24)25)4-9(20)8-27-15/h2-6,8H,7H2,1H3,(H2,26,29)(H,28,30)/t18-/m0/s1. The summed E-state index contributed by atoms with van der Waals surface area (Å²) in [5.41, 5.74) is 1.63. The summed E-state index contributed by atoms with van der Waals surface area (Å²) in [6.07, 6.45) is -2.78. The second kappa shape index (κ2) is 8.14. The Morgan fingerprint density at radius 3 is 2.68 bits per heavy atom. The van der Waals surface area contributed by atoms with Crippen molar-refractivity contribution in [2.45, 2.75) is 18.6 Å². The Kier molecular flexibility index (Phi) is 5.90. The Bertz CT molecular complexity index is 1100. The van der Waals surface area contributed by atoms with Crippen molar-refractivity contribution in [3.8, 4) is 0 Å². The number of rotatable bonds is 4. The minimum atomic E-state index is -4.88. The van der Waals surface area contributed by atoms with E-state index in [1.165, 1.54) is 13.0 Å². The quantitative estimate of drug-likeness (QED) is 0.655. The van der Waals surface area contributed by atoms with E-state index in [4.69, 9.17) is 22.1 Å². The van der Waals surface area contributed by atoms with Crippen LogP contribution in [0.25, 0.3) is 0 Å². The fourth-order valence-corrected chi connectivity index (χ4v) is 3.14. The number of aliphatic imine (C=N–C) groups is 1. The SMILES string of the molecule is C[C@@]1(c2cc(NC(=O)c3ncc(Cl)cc3C(F)(F)F)ccc2F)C=C(CF)OC(N)=N1. The van der Waals surface area contributed by atoms with E-state index in [0.717, 1.165) is 24.4 Å². The number of carbonyl (C=O) groups is 1. The molecule has 31 heavy (non-hydrogen) atoms. The number of aromatic nitrogens is 1. The molecule has 1 aromatic heterocycles. The van der Waals surface area contributed by atoms with E-state index in [1.54, 1.807) is 0 Å². The van der Waals surface area contributed by atoms with E-state index in [1.807, 2.05) is 0 Å². The van der Waals surface area contributed by atoms with Crippen molar-refractivity contribution in [3.05, 3.63) is 70.0 Å². The van der Waals surface area contributed by atoms with Crippen LogP contribution < -0.4 is 11.1 Å². The minimum Gasteiger partial charge on any atom is -0.428 e. The minimum absolute atomic E-state index is 0.0528. The monoisotopic (exact) mass is 460 g/mol. The van der Waals surface area contributed by atoms with Gasteiger partial charge >= 0.3 is 6.18 Å². The summed E-state index contributed by atoms with van der Waals surface area (Å²) in [5, 5.41) is 1.93. The van der Waals surface area contributed by atoms with Gasteiger partial charge in [-0.15, -0.1) is 0 Å². The largest absolute Gasteiger partial charge is 0.428 e. The third-order valence-corrected chi connectivity index (χ3v) is 4.50. The topological polar surface area (TPSA) is 89.6 Å². The first kappa shape index (κ1) is 22.5. The number of benzene rings is 1. The summed E-state index contributed by atoms with van der Waals surface area (Å²) >= 11 is 5.56. The molecule has 0 radical (unpaired) electrons. The number of nitrogens with zero attached hydrogens (tertiary/aromatic N) is 2. The van der Waals surface area contributed by atoms with Gasteiger partial charge in [0, 0.05) is 17.4 Å². The molecule has 0 saturated carbocycles. The number of nitrogens with one attached hydrogen (secondary N) is 1. The summed E-state index contributed by atoms with van der Waals surface area (Å²) < 4.78 is 72.2. The average Bonchev–Trinajstić information content (AvgIpc) is 2.67. The first-order valence-corrected chi connectivity index (χ1v) is 8.96. The molecule has 2 aromatic rings. The molecule has 1 aliphatic heterocycles. The number of alkyl halides is 4. The van der Waals surface area contributed by atoms with Crippen molar-refractivity contribution >= 4 is 29.2 Å². The lowest BCUT2D eigenvalue weighted by Gasteiger charge is -2.28. The number of amidine groups is 1. The lowest BCUT2D eigenvalue weighted by molar-refractivity contribution is -0.138. The van der Waals surface area contributed by atoms with Crippen LogP contribution in [-0.4, -0.2) is 23.6 Å².